The molecule has 2 aromatic heterocycles. The van der Waals surface area contributed by atoms with Gasteiger partial charge in [-0.1, -0.05) is 0 Å². The molecule has 3 atom stereocenters. The second kappa shape index (κ2) is 4.85. The minimum Gasteiger partial charge on any atom is -0.467 e. The van der Waals surface area contributed by atoms with Crippen molar-refractivity contribution < 1.29 is 19.7 Å². The average Bonchev–Trinajstić information content (AvgIpc) is 3.01. The zero-order valence-electron chi connectivity index (χ0n) is 10.8. The number of aliphatic hydroxyl groups is 2. The van der Waals surface area contributed by atoms with E-state index in [1.165, 1.54) is 13.4 Å². The Balaban J connectivity index is 2.02. The SMILES string of the molecule is COc1nc(N)c2ncn([C@H]3C[C@@H](O)[C@@H](CO)O3)c2n1. The molecular weight excluding hydrogens is 266 g/mol. The molecule has 0 spiro atoms. The first-order valence-electron chi connectivity index (χ1n) is 6.12. The summed E-state index contributed by atoms with van der Waals surface area (Å²) < 4.78 is 12.2. The summed E-state index contributed by atoms with van der Waals surface area (Å²) in [6.07, 6.45) is 0.0445. The van der Waals surface area contributed by atoms with Gasteiger partial charge in [0.05, 0.1) is 26.1 Å². The average molecular weight is 281 g/mol. The maximum atomic E-state index is 9.78. The van der Waals surface area contributed by atoms with E-state index < -0.39 is 18.4 Å². The topological polar surface area (TPSA) is 129 Å². The van der Waals surface area contributed by atoms with Crippen molar-refractivity contribution in [3.8, 4) is 6.01 Å². The van der Waals surface area contributed by atoms with Crippen LogP contribution in [0, 0.1) is 0 Å². The third-order valence-corrected chi connectivity index (χ3v) is 3.30. The maximum Gasteiger partial charge on any atom is 0.320 e. The van der Waals surface area contributed by atoms with E-state index >= 15 is 0 Å². The van der Waals surface area contributed by atoms with Gasteiger partial charge >= 0.3 is 6.01 Å². The van der Waals surface area contributed by atoms with Gasteiger partial charge in [-0.15, -0.1) is 0 Å². The number of anilines is 1. The number of methoxy groups -OCH3 is 1. The Bertz CT molecular complexity index is 631. The maximum absolute atomic E-state index is 9.78. The highest BCUT2D eigenvalue weighted by Crippen LogP contribution is 2.31. The minimum atomic E-state index is -0.733. The number of aromatic nitrogens is 4. The molecule has 0 radical (unpaired) electrons. The Morgan fingerprint density at radius 3 is 3.00 bits per heavy atom. The van der Waals surface area contributed by atoms with E-state index in [-0.39, 0.29) is 18.4 Å². The van der Waals surface area contributed by atoms with Crippen LogP contribution in [0.15, 0.2) is 6.33 Å². The number of nitrogens with two attached hydrogens (primary N) is 1. The van der Waals surface area contributed by atoms with Gasteiger partial charge in [0, 0.05) is 6.42 Å². The highest BCUT2D eigenvalue weighted by atomic mass is 16.5. The number of nitrogens with zero attached hydrogens (tertiary/aromatic N) is 4. The van der Waals surface area contributed by atoms with Crippen LogP contribution in [0.5, 0.6) is 6.01 Å². The van der Waals surface area contributed by atoms with Crippen molar-refractivity contribution in [3.05, 3.63) is 6.33 Å². The lowest BCUT2D eigenvalue weighted by Gasteiger charge is -2.13. The number of imidazole rings is 1. The molecule has 3 rings (SSSR count). The van der Waals surface area contributed by atoms with E-state index in [0.717, 1.165) is 0 Å². The zero-order valence-corrected chi connectivity index (χ0v) is 10.8. The fourth-order valence-electron chi connectivity index (χ4n) is 2.27. The molecule has 0 unspecified atom stereocenters. The zero-order chi connectivity index (χ0) is 14.3. The highest BCUT2D eigenvalue weighted by Gasteiger charge is 2.35. The summed E-state index contributed by atoms with van der Waals surface area (Å²) in [5.74, 6) is 0.211. The van der Waals surface area contributed by atoms with Crippen LogP contribution in [-0.2, 0) is 4.74 Å². The van der Waals surface area contributed by atoms with Gasteiger partial charge in [-0.2, -0.15) is 9.97 Å². The Kier molecular flexibility index (Phi) is 3.16. The second-order valence-corrected chi connectivity index (χ2v) is 4.53. The fourth-order valence-corrected chi connectivity index (χ4v) is 2.27. The molecule has 4 N–H and O–H groups in total. The van der Waals surface area contributed by atoms with Crippen molar-refractivity contribution in [2.24, 2.45) is 0 Å². The molecule has 108 valence electrons. The number of fused-ring (bicyclic) bond motifs is 1. The van der Waals surface area contributed by atoms with Crippen molar-refractivity contribution in [1.82, 2.24) is 19.5 Å². The predicted molar refractivity (Wildman–Crippen MR) is 67.9 cm³/mol. The Morgan fingerprint density at radius 2 is 2.35 bits per heavy atom. The number of nitrogen functional groups attached to an aromatic ring is 1. The van der Waals surface area contributed by atoms with Crippen molar-refractivity contribution in [1.29, 1.82) is 0 Å². The van der Waals surface area contributed by atoms with Gasteiger partial charge in [0.25, 0.3) is 0 Å². The Morgan fingerprint density at radius 1 is 1.55 bits per heavy atom. The predicted octanol–water partition coefficient (Wildman–Crippen LogP) is -0.942. The monoisotopic (exact) mass is 281 g/mol. The fraction of sp³-hybridized carbons (Fsp3) is 0.545. The summed E-state index contributed by atoms with van der Waals surface area (Å²) in [6.45, 7) is -0.245. The van der Waals surface area contributed by atoms with Gasteiger partial charge in [-0.3, -0.25) is 4.57 Å². The van der Waals surface area contributed by atoms with Gasteiger partial charge in [-0.25, -0.2) is 4.98 Å². The molecule has 0 amide bonds. The standard InChI is InChI=1S/C11H15N5O4/c1-19-11-14-9(12)8-10(15-11)16(4-13-8)7-2-5(18)6(3-17)20-7/h4-7,17-18H,2-3H2,1H3,(H2,12,14,15)/t5-,6-,7-/m1/s1. The van der Waals surface area contributed by atoms with Crippen molar-refractivity contribution in [2.75, 3.05) is 19.5 Å². The molecule has 1 aliphatic rings. The molecule has 3 heterocycles. The van der Waals surface area contributed by atoms with Crippen LogP contribution in [0.2, 0.25) is 0 Å². The van der Waals surface area contributed by atoms with E-state index in [4.69, 9.17) is 20.3 Å². The molecule has 0 saturated carbocycles. The molecule has 1 saturated heterocycles. The smallest absolute Gasteiger partial charge is 0.320 e. The van der Waals surface area contributed by atoms with Crippen LogP contribution in [0.25, 0.3) is 11.2 Å². The van der Waals surface area contributed by atoms with E-state index in [1.807, 2.05) is 0 Å². The van der Waals surface area contributed by atoms with E-state index in [1.54, 1.807) is 4.57 Å². The lowest BCUT2D eigenvalue weighted by molar-refractivity contribution is -0.0432. The Labute approximate surface area is 114 Å². The normalized spacial score (nSPS) is 26.2. The van der Waals surface area contributed by atoms with E-state index in [2.05, 4.69) is 15.0 Å². The Hall–Kier alpha value is -1.97. The summed E-state index contributed by atoms with van der Waals surface area (Å²) in [7, 11) is 1.44. The van der Waals surface area contributed by atoms with Gasteiger partial charge in [-0.05, 0) is 0 Å². The van der Waals surface area contributed by atoms with Crippen LogP contribution in [0.3, 0.4) is 0 Å². The summed E-state index contributed by atoms with van der Waals surface area (Å²) in [4.78, 5) is 12.3. The third kappa shape index (κ3) is 1.96. The number of hydrogen-bond acceptors (Lipinski definition) is 8. The van der Waals surface area contributed by atoms with Crippen LogP contribution in [0.1, 0.15) is 12.6 Å². The summed E-state index contributed by atoms with van der Waals surface area (Å²) in [5.41, 5.74) is 6.69. The summed E-state index contributed by atoms with van der Waals surface area (Å²) in [5, 5.41) is 18.9. The molecule has 0 bridgehead atoms. The molecule has 0 aromatic carbocycles. The van der Waals surface area contributed by atoms with E-state index in [0.29, 0.717) is 17.6 Å². The van der Waals surface area contributed by atoms with Gasteiger partial charge in [0.15, 0.2) is 17.0 Å². The second-order valence-electron chi connectivity index (χ2n) is 4.53. The van der Waals surface area contributed by atoms with Crippen molar-refractivity contribution >= 4 is 17.0 Å². The molecule has 2 aromatic rings. The molecule has 20 heavy (non-hydrogen) atoms. The number of aliphatic hydroxyl groups excluding tert-OH is 2. The molecule has 1 fully saturated rings. The number of ether oxygens (including phenoxy) is 2. The van der Waals surface area contributed by atoms with Crippen LogP contribution < -0.4 is 10.5 Å². The molecule has 9 nitrogen and oxygen atoms in total. The minimum absolute atomic E-state index is 0.133. The van der Waals surface area contributed by atoms with Crippen molar-refractivity contribution in [2.45, 2.75) is 24.9 Å². The van der Waals surface area contributed by atoms with E-state index in [9.17, 15) is 5.11 Å². The van der Waals surface area contributed by atoms with Crippen LogP contribution in [0.4, 0.5) is 5.82 Å². The van der Waals surface area contributed by atoms with Crippen LogP contribution >= 0.6 is 0 Å². The molecule has 9 heteroatoms. The summed E-state index contributed by atoms with van der Waals surface area (Å²) in [6, 6.07) is 0.133. The van der Waals surface area contributed by atoms with Gasteiger partial charge in [0.1, 0.15) is 12.3 Å². The van der Waals surface area contributed by atoms with Gasteiger partial charge in [0.2, 0.25) is 0 Å². The first kappa shape index (κ1) is 13.0. The first-order chi connectivity index (χ1) is 9.63. The quantitative estimate of drug-likeness (QED) is 0.657. The highest BCUT2D eigenvalue weighted by molar-refractivity contribution is 5.81. The van der Waals surface area contributed by atoms with Gasteiger partial charge < -0.3 is 25.4 Å². The molecule has 1 aliphatic heterocycles. The summed E-state index contributed by atoms with van der Waals surface area (Å²) >= 11 is 0. The third-order valence-electron chi connectivity index (χ3n) is 3.30. The number of hydrogen-bond donors (Lipinski definition) is 3. The number of rotatable bonds is 3. The van der Waals surface area contributed by atoms with Crippen LogP contribution in [-0.4, -0.2) is 55.7 Å². The first-order valence-corrected chi connectivity index (χ1v) is 6.12. The molecule has 0 aliphatic carbocycles. The van der Waals surface area contributed by atoms with Crippen molar-refractivity contribution in [3.63, 3.8) is 0 Å². The lowest BCUT2D eigenvalue weighted by atomic mass is 10.2. The molecular formula is C11H15N5O4. The largest absolute Gasteiger partial charge is 0.467 e. The lowest BCUT2D eigenvalue weighted by Crippen LogP contribution is -2.24.